The number of benzene rings is 1. The fourth-order valence-electron chi connectivity index (χ4n) is 1.11. The van der Waals surface area contributed by atoms with Gasteiger partial charge in [-0.05, 0) is 36.7 Å². The third kappa shape index (κ3) is 3.28. The summed E-state index contributed by atoms with van der Waals surface area (Å²) in [5, 5.41) is 2.46. The number of anilines is 1. The van der Waals surface area contributed by atoms with E-state index in [4.69, 9.17) is 5.73 Å². The molecule has 88 valence electrons. The first-order valence-corrected chi connectivity index (χ1v) is 5.79. The van der Waals surface area contributed by atoms with Gasteiger partial charge in [0.1, 0.15) is 0 Å². The van der Waals surface area contributed by atoms with E-state index in [0.29, 0.717) is 4.90 Å². The first-order chi connectivity index (χ1) is 7.34. The lowest BCUT2D eigenvalue weighted by Gasteiger charge is -2.13. The summed E-state index contributed by atoms with van der Waals surface area (Å²) in [4.78, 5) is 0.654. The second-order valence-electron chi connectivity index (χ2n) is 2.90. The maximum absolute atomic E-state index is 12.4. The van der Waals surface area contributed by atoms with Crippen molar-refractivity contribution in [2.75, 3.05) is 11.6 Å². The minimum atomic E-state index is -4.37. The van der Waals surface area contributed by atoms with Gasteiger partial charge in [-0.1, -0.05) is 0 Å². The van der Waals surface area contributed by atoms with Crippen LogP contribution in [0.4, 0.5) is 18.9 Å². The number of thiocarbonyl (C=S) groups is 1. The standard InChI is InChI=1S/C9H9F3N2S2/c1-16-7-3-2-5(9(10,11)12)4-6(7)14-8(13)15/h2-4H,1H3,(H3,13,14,15). The van der Waals surface area contributed by atoms with Crippen LogP contribution in [0.25, 0.3) is 0 Å². The smallest absolute Gasteiger partial charge is 0.376 e. The van der Waals surface area contributed by atoms with Gasteiger partial charge in [-0.2, -0.15) is 13.2 Å². The van der Waals surface area contributed by atoms with E-state index in [9.17, 15) is 13.2 Å². The summed E-state index contributed by atoms with van der Waals surface area (Å²) in [6.45, 7) is 0. The summed E-state index contributed by atoms with van der Waals surface area (Å²) in [7, 11) is 0. The van der Waals surface area contributed by atoms with Crippen molar-refractivity contribution in [1.29, 1.82) is 0 Å². The van der Waals surface area contributed by atoms with Gasteiger partial charge in [-0.3, -0.25) is 0 Å². The van der Waals surface area contributed by atoms with E-state index < -0.39 is 11.7 Å². The van der Waals surface area contributed by atoms with Crippen LogP contribution in [-0.4, -0.2) is 11.4 Å². The van der Waals surface area contributed by atoms with Crippen LogP contribution in [0.1, 0.15) is 5.56 Å². The highest BCUT2D eigenvalue weighted by Crippen LogP contribution is 2.34. The van der Waals surface area contributed by atoms with Gasteiger partial charge in [0.2, 0.25) is 0 Å². The summed E-state index contributed by atoms with van der Waals surface area (Å²) in [6.07, 6.45) is -2.61. The monoisotopic (exact) mass is 266 g/mol. The van der Waals surface area contributed by atoms with E-state index in [-0.39, 0.29) is 10.8 Å². The van der Waals surface area contributed by atoms with E-state index in [2.05, 4.69) is 17.5 Å². The summed E-state index contributed by atoms with van der Waals surface area (Å²) in [6, 6.07) is 3.40. The van der Waals surface area contributed by atoms with Crippen molar-refractivity contribution in [3.63, 3.8) is 0 Å². The van der Waals surface area contributed by atoms with Gasteiger partial charge >= 0.3 is 6.18 Å². The fourth-order valence-corrected chi connectivity index (χ4v) is 1.76. The summed E-state index contributed by atoms with van der Waals surface area (Å²) >= 11 is 5.91. The molecule has 0 aliphatic heterocycles. The Labute approximate surface area is 100 Å². The average molecular weight is 266 g/mol. The lowest BCUT2D eigenvalue weighted by Crippen LogP contribution is -2.20. The van der Waals surface area contributed by atoms with Crippen LogP contribution < -0.4 is 11.1 Å². The van der Waals surface area contributed by atoms with Crippen molar-refractivity contribution in [1.82, 2.24) is 0 Å². The number of alkyl halides is 3. The molecule has 1 aromatic carbocycles. The normalized spacial score (nSPS) is 11.2. The first kappa shape index (κ1) is 13.1. The number of thioether (sulfide) groups is 1. The van der Waals surface area contributed by atoms with Crippen molar-refractivity contribution < 1.29 is 13.2 Å². The largest absolute Gasteiger partial charge is 0.416 e. The van der Waals surface area contributed by atoms with Gasteiger partial charge in [-0.15, -0.1) is 11.8 Å². The third-order valence-corrected chi connectivity index (χ3v) is 2.68. The molecule has 0 atom stereocenters. The highest BCUT2D eigenvalue weighted by Gasteiger charge is 2.31. The van der Waals surface area contributed by atoms with E-state index >= 15 is 0 Å². The predicted octanol–water partition coefficient (Wildman–Crippen LogP) is 3.08. The minimum absolute atomic E-state index is 0.0605. The second kappa shape index (κ2) is 4.92. The molecule has 0 aliphatic carbocycles. The Morgan fingerprint density at radius 3 is 2.50 bits per heavy atom. The Kier molecular flexibility index (Phi) is 4.03. The molecule has 0 amide bonds. The van der Waals surface area contributed by atoms with Crippen LogP contribution in [0.2, 0.25) is 0 Å². The van der Waals surface area contributed by atoms with Gasteiger partial charge in [-0.25, -0.2) is 0 Å². The van der Waals surface area contributed by atoms with Gasteiger partial charge in [0.15, 0.2) is 5.11 Å². The zero-order valence-corrected chi connectivity index (χ0v) is 9.89. The third-order valence-electron chi connectivity index (χ3n) is 1.78. The Balaban J connectivity index is 3.16. The van der Waals surface area contributed by atoms with Crippen LogP contribution >= 0.6 is 24.0 Å². The van der Waals surface area contributed by atoms with Gasteiger partial charge < -0.3 is 11.1 Å². The molecular weight excluding hydrogens is 257 g/mol. The minimum Gasteiger partial charge on any atom is -0.376 e. The van der Waals surface area contributed by atoms with E-state index in [0.717, 1.165) is 12.1 Å². The van der Waals surface area contributed by atoms with Crippen molar-refractivity contribution >= 4 is 34.8 Å². The summed E-state index contributed by atoms with van der Waals surface area (Å²) in [5.41, 5.74) is 4.78. The molecule has 0 spiro atoms. The number of hydrogen-bond donors (Lipinski definition) is 2. The summed E-state index contributed by atoms with van der Waals surface area (Å²) in [5.74, 6) is 0. The molecule has 7 heteroatoms. The molecule has 0 aromatic heterocycles. The maximum Gasteiger partial charge on any atom is 0.416 e. The van der Waals surface area contributed by atoms with Crippen molar-refractivity contribution in [3.8, 4) is 0 Å². The number of rotatable bonds is 2. The van der Waals surface area contributed by atoms with Crippen LogP contribution in [0.5, 0.6) is 0 Å². The highest BCUT2D eigenvalue weighted by atomic mass is 32.2. The van der Waals surface area contributed by atoms with E-state index in [1.54, 1.807) is 6.26 Å². The lowest BCUT2D eigenvalue weighted by molar-refractivity contribution is -0.137. The van der Waals surface area contributed by atoms with E-state index in [1.165, 1.54) is 17.8 Å². The van der Waals surface area contributed by atoms with E-state index in [1.807, 2.05) is 0 Å². The quantitative estimate of drug-likeness (QED) is 0.637. The SMILES string of the molecule is CSc1ccc(C(F)(F)F)cc1NC(N)=S. The Bertz CT molecular complexity index is 404. The Morgan fingerprint density at radius 2 is 2.06 bits per heavy atom. The number of hydrogen-bond acceptors (Lipinski definition) is 2. The molecular formula is C9H9F3N2S2. The van der Waals surface area contributed by atoms with Crippen LogP contribution in [-0.2, 0) is 6.18 Å². The van der Waals surface area contributed by atoms with Gasteiger partial charge in [0.25, 0.3) is 0 Å². The first-order valence-electron chi connectivity index (χ1n) is 4.16. The maximum atomic E-state index is 12.4. The van der Waals surface area contributed by atoms with Crippen molar-refractivity contribution in [2.24, 2.45) is 5.73 Å². The molecule has 0 fully saturated rings. The molecule has 0 heterocycles. The fraction of sp³-hybridized carbons (Fsp3) is 0.222. The molecule has 0 aliphatic rings. The highest BCUT2D eigenvalue weighted by molar-refractivity contribution is 7.98. The topological polar surface area (TPSA) is 38.0 Å². The van der Waals surface area contributed by atoms with Crippen LogP contribution in [0, 0.1) is 0 Å². The molecule has 0 unspecified atom stereocenters. The molecule has 0 saturated heterocycles. The van der Waals surface area contributed by atoms with Crippen molar-refractivity contribution in [2.45, 2.75) is 11.1 Å². The molecule has 0 saturated carbocycles. The molecule has 2 nitrogen and oxygen atoms in total. The van der Waals surface area contributed by atoms with Crippen LogP contribution in [0.3, 0.4) is 0 Å². The lowest BCUT2D eigenvalue weighted by atomic mass is 10.2. The van der Waals surface area contributed by atoms with Gasteiger partial charge in [0, 0.05) is 4.90 Å². The Hall–Kier alpha value is -0.950. The molecule has 1 aromatic rings. The molecule has 3 N–H and O–H groups in total. The van der Waals surface area contributed by atoms with Gasteiger partial charge in [0.05, 0.1) is 11.3 Å². The second-order valence-corrected chi connectivity index (χ2v) is 4.19. The number of nitrogens with one attached hydrogen (secondary N) is 1. The molecule has 0 bridgehead atoms. The molecule has 0 radical (unpaired) electrons. The molecule has 1 rings (SSSR count). The van der Waals surface area contributed by atoms with Crippen molar-refractivity contribution in [3.05, 3.63) is 23.8 Å². The zero-order chi connectivity index (χ0) is 12.3. The average Bonchev–Trinajstić information content (AvgIpc) is 2.15. The summed E-state index contributed by atoms with van der Waals surface area (Å²) < 4.78 is 37.3. The number of halogens is 3. The Morgan fingerprint density at radius 1 is 1.44 bits per heavy atom. The number of nitrogens with two attached hydrogens (primary N) is 1. The zero-order valence-electron chi connectivity index (χ0n) is 8.26. The molecule has 16 heavy (non-hydrogen) atoms. The van der Waals surface area contributed by atoms with Crippen LogP contribution in [0.15, 0.2) is 23.1 Å². The predicted molar refractivity (Wildman–Crippen MR) is 63.6 cm³/mol.